The number of hydrazine groups is 1. The average Bonchev–Trinajstić information content (AvgIpc) is 2.58. The second-order valence-corrected chi connectivity index (χ2v) is 8.44. The standard InChI is InChI=1S/C20H25FN2O3/c1-26-17-3-2-15(21)7-16(17)19(25)23-22-18(24)11-20-8-12-4-13(9-20)6-14(5-12)10-20/h2-3,7,12-14H,4-6,8-11H2,1H3,(H,22,24)(H,23,25). The topological polar surface area (TPSA) is 67.4 Å². The lowest BCUT2D eigenvalue weighted by atomic mass is 9.49. The zero-order valence-corrected chi connectivity index (χ0v) is 15.0. The number of hydrogen-bond acceptors (Lipinski definition) is 3. The van der Waals surface area contributed by atoms with E-state index in [0.29, 0.717) is 6.42 Å². The zero-order chi connectivity index (χ0) is 18.3. The zero-order valence-electron chi connectivity index (χ0n) is 15.0. The van der Waals surface area contributed by atoms with E-state index < -0.39 is 11.7 Å². The summed E-state index contributed by atoms with van der Waals surface area (Å²) in [7, 11) is 1.41. The van der Waals surface area contributed by atoms with Gasteiger partial charge in [0.2, 0.25) is 5.91 Å². The summed E-state index contributed by atoms with van der Waals surface area (Å²) in [5, 5.41) is 0. The van der Waals surface area contributed by atoms with Crippen LogP contribution in [-0.2, 0) is 4.79 Å². The Balaban J connectivity index is 1.36. The van der Waals surface area contributed by atoms with Gasteiger partial charge in [-0.25, -0.2) is 4.39 Å². The summed E-state index contributed by atoms with van der Waals surface area (Å²) in [5.41, 5.74) is 5.08. The molecule has 0 aliphatic heterocycles. The van der Waals surface area contributed by atoms with Crippen molar-refractivity contribution < 1.29 is 18.7 Å². The number of halogens is 1. The maximum Gasteiger partial charge on any atom is 0.273 e. The molecule has 0 heterocycles. The number of methoxy groups -OCH3 is 1. The summed E-state index contributed by atoms with van der Waals surface area (Å²) >= 11 is 0. The molecule has 2 amide bonds. The van der Waals surface area contributed by atoms with Gasteiger partial charge in [-0.2, -0.15) is 0 Å². The molecule has 0 atom stereocenters. The Hall–Kier alpha value is -2.11. The monoisotopic (exact) mass is 360 g/mol. The quantitative estimate of drug-likeness (QED) is 0.811. The summed E-state index contributed by atoms with van der Waals surface area (Å²) < 4.78 is 18.5. The van der Waals surface area contributed by atoms with Gasteiger partial charge in [-0.15, -0.1) is 0 Å². The van der Waals surface area contributed by atoms with Crippen LogP contribution in [0.2, 0.25) is 0 Å². The van der Waals surface area contributed by atoms with Crippen molar-refractivity contribution in [2.75, 3.05) is 7.11 Å². The number of ether oxygens (including phenoxy) is 1. The predicted octanol–water partition coefficient (Wildman–Crippen LogP) is 3.20. The Morgan fingerprint density at radius 1 is 1.12 bits per heavy atom. The number of amides is 2. The fourth-order valence-electron chi connectivity index (χ4n) is 5.94. The first-order valence-electron chi connectivity index (χ1n) is 9.39. The van der Waals surface area contributed by atoms with E-state index in [1.54, 1.807) is 0 Å². The van der Waals surface area contributed by atoms with Crippen molar-refractivity contribution in [1.29, 1.82) is 0 Å². The molecule has 1 aromatic carbocycles. The van der Waals surface area contributed by atoms with Crippen LogP contribution in [0.3, 0.4) is 0 Å². The van der Waals surface area contributed by atoms with Crippen molar-refractivity contribution in [2.24, 2.45) is 23.2 Å². The molecule has 140 valence electrons. The Morgan fingerprint density at radius 2 is 1.73 bits per heavy atom. The van der Waals surface area contributed by atoms with Gasteiger partial charge in [0, 0.05) is 6.42 Å². The first kappa shape index (κ1) is 17.3. The molecule has 1 aromatic rings. The first-order chi connectivity index (χ1) is 12.5. The summed E-state index contributed by atoms with van der Waals surface area (Å²) in [6.45, 7) is 0. The van der Waals surface area contributed by atoms with Crippen LogP contribution in [0.15, 0.2) is 18.2 Å². The molecule has 6 heteroatoms. The Bertz CT molecular complexity index is 698. The van der Waals surface area contributed by atoms with Gasteiger partial charge < -0.3 is 4.74 Å². The number of carbonyl (C=O) groups is 2. The van der Waals surface area contributed by atoms with Crippen LogP contribution in [0.1, 0.15) is 55.3 Å². The largest absolute Gasteiger partial charge is 0.496 e. The Morgan fingerprint density at radius 3 is 2.31 bits per heavy atom. The maximum atomic E-state index is 13.4. The van der Waals surface area contributed by atoms with Gasteiger partial charge in [-0.1, -0.05) is 0 Å². The molecule has 0 saturated heterocycles. The molecule has 4 bridgehead atoms. The molecule has 26 heavy (non-hydrogen) atoms. The molecule has 4 aliphatic carbocycles. The van der Waals surface area contributed by atoms with Crippen molar-refractivity contribution in [1.82, 2.24) is 10.9 Å². The Labute approximate surface area is 152 Å². The molecule has 4 aliphatic rings. The number of carbonyl (C=O) groups excluding carboxylic acids is 2. The molecule has 0 spiro atoms. The van der Waals surface area contributed by atoms with E-state index in [0.717, 1.165) is 43.1 Å². The highest BCUT2D eigenvalue weighted by Crippen LogP contribution is 2.61. The van der Waals surface area contributed by atoms with Gasteiger partial charge in [0.05, 0.1) is 12.7 Å². The van der Waals surface area contributed by atoms with Crippen LogP contribution in [0.4, 0.5) is 4.39 Å². The van der Waals surface area contributed by atoms with E-state index in [4.69, 9.17) is 4.74 Å². The molecule has 2 N–H and O–H groups in total. The molecular formula is C20H25FN2O3. The molecule has 4 saturated carbocycles. The lowest BCUT2D eigenvalue weighted by Crippen LogP contribution is -2.50. The van der Waals surface area contributed by atoms with Gasteiger partial charge in [0.15, 0.2) is 0 Å². The van der Waals surface area contributed by atoms with Crippen LogP contribution in [-0.4, -0.2) is 18.9 Å². The van der Waals surface area contributed by atoms with Gasteiger partial charge in [-0.3, -0.25) is 20.4 Å². The number of benzene rings is 1. The van der Waals surface area contributed by atoms with Crippen LogP contribution in [0, 0.1) is 29.0 Å². The normalized spacial score (nSPS) is 31.5. The van der Waals surface area contributed by atoms with Crippen molar-refractivity contribution in [2.45, 2.75) is 44.9 Å². The number of rotatable bonds is 4. The van der Waals surface area contributed by atoms with E-state index in [1.165, 1.54) is 38.5 Å². The smallest absolute Gasteiger partial charge is 0.273 e. The van der Waals surface area contributed by atoms with E-state index in [1.807, 2.05) is 0 Å². The predicted molar refractivity (Wildman–Crippen MR) is 93.8 cm³/mol. The average molecular weight is 360 g/mol. The highest BCUT2D eigenvalue weighted by Gasteiger charge is 2.51. The van der Waals surface area contributed by atoms with Gasteiger partial charge >= 0.3 is 0 Å². The number of hydrogen-bond donors (Lipinski definition) is 2. The molecule has 0 aromatic heterocycles. The molecular weight excluding hydrogens is 335 g/mol. The highest BCUT2D eigenvalue weighted by molar-refractivity contribution is 5.97. The third-order valence-corrected chi connectivity index (χ3v) is 6.42. The van der Waals surface area contributed by atoms with Crippen LogP contribution >= 0.6 is 0 Å². The SMILES string of the molecule is COc1ccc(F)cc1C(=O)NNC(=O)CC12CC3CC(CC(C3)C1)C2. The van der Waals surface area contributed by atoms with Gasteiger partial charge in [-0.05, 0) is 79.9 Å². The molecule has 4 fully saturated rings. The molecule has 5 nitrogen and oxygen atoms in total. The van der Waals surface area contributed by atoms with Gasteiger partial charge in [0.25, 0.3) is 5.91 Å². The lowest BCUT2D eigenvalue weighted by Gasteiger charge is -2.56. The summed E-state index contributed by atoms with van der Waals surface area (Å²) in [6.07, 6.45) is 7.86. The van der Waals surface area contributed by atoms with Gasteiger partial charge in [0.1, 0.15) is 11.6 Å². The summed E-state index contributed by atoms with van der Waals surface area (Å²) in [6, 6.07) is 3.71. The highest BCUT2D eigenvalue weighted by atomic mass is 19.1. The van der Waals surface area contributed by atoms with Crippen LogP contribution < -0.4 is 15.6 Å². The third-order valence-electron chi connectivity index (χ3n) is 6.42. The minimum atomic E-state index is -0.583. The van der Waals surface area contributed by atoms with E-state index >= 15 is 0 Å². The molecule has 0 radical (unpaired) electrons. The fraction of sp³-hybridized carbons (Fsp3) is 0.600. The second kappa shape index (κ2) is 6.56. The van der Waals surface area contributed by atoms with E-state index in [9.17, 15) is 14.0 Å². The van der Waals surface area contributed by atoms with E-state index in [-0.39, 0.29) is 22.6 Å². The van der Waals surface area contributed by atoms with Crippen molar-refractivity contribution >= 4 is 11.8 Å². The minimum absolute atomic E-state index is 0.0580. The van der Waals surface area contributed by atoms with Crippen molar-refractivity contribution in [3.8, 4) is 5.75 Å². The number of nitrogens with one attached hydrogen (secondary N) is 2. The minimum Gasteiger partial charge on any atom is -0.496 e. The first-order valence-corrected chi connectivity index (χ1v) is 9.39. The summed E-state index contributed by atoms with van der Waals surface area (Å²) in [5.74, 6) is 1.31. The fourth-order valence-corrected chi connectivity index (χ4v) is 5.94. The second-order valence-electron chi connectivity index (χ2n) is 8.44. The Kier molecular flexibility index (Phi) is 4.37. The maximum absolute atomic E-state index is 13.4. The van der Waals surface area contributed by atoms with Crippen LogP contribution in [0.25, 0.3) is 0 Å². The molecule has 0 unspecified atom stereocenters. The van der Waals surface area contributed by atoms with Crippen molar-refractivity contribution in [3.05, 3.63) is 29.6 Å². The third kappa shape index (κ3) is 3.29. The summed E-state index contributed by atoms with van der Waals surface area (Å²) in [4.78, 5) is 24.7. The van der Waals surface area contributed by atoms with Crippen molar-refractivity contribution in [3.63, 3.8) is 0 Å². The van der Waals surface area contributed by atoms with Crippen LogP contribution in [0.5, 0.6) is 5.75 Å². The molecule has 5 rings (SSSR count). The van der Waals surface area contributed by atoms with E-state index in [2.05, 4.69) is 10.9 Å². The lowest BCUT2D eigenvalue weighted by molar-refractivity contribution is -0.130.